The van der Waals surface area contributed by atoms with Gasteiger partial charge in [0.1, 0.15) is 10.8 Å². The topological polar surface area (TPSA) is 80.8 Å². The van der Waals surface area contributed by atoms with E-state index in [0.29, 0.717) is 57.2 Å². The van der Waals surface area contributed by atoms with Crippen LogP contribution in [0.3, 0.4) is 0 Å². The lowest BCUT2D eigenvalue weighted by Crippen LogP contribution is -2.50. The second-order valence-electron chi connectivity index (χ2n) is 8.93. The van der Waals surface area contributed by atoms with Gasteiger partial charge in [-0.2, -0.15) is 0 Å². The molecule has 0 atom stereocenters. The summed E-state index contributed by atoms with van der Waals surface area (Å²) in [4.78, 5) is 32.7. The van der Waals surface area contributed by atoms with E-state index in [4.69, 9.17) is 9.47 Å². The highest BCUT2D eigenvalue weighted by molar-refractivity contribution is 7.98. The largest absolute Gasteiger partial charge is 0.497 e. The Bertz CT molecular complexity index is 984. The van der Waals surface area contributed by atoms with Crippen molar-refractivity contribution < 1.29 is 19.1 Å². The number of carbonyl (C=O) groups is 2. The molecule has 1 aromatic heterocycles. The number of nitrogens with one attached hydrogen (secondary N) is 1. The van der Waals surface area contributed by atoms with E-state index >= 15 is 0 Å². The third-order valence-electron chi connectivity index (χ3n) is 7.07. The average molecular weight is 484 g/mol. The molecule has 2 amide bonds. The maximum absolute atomic E-state index is 13.5. The number of hydrogen-bond acceptors (Lipinski definition) is 6. The zero-order chi connectivity index (χ0) is 24.0. The van der Waals surface area contributed by atoms with Crippen LogP contribution in [0.5, 0.6) is 5.75 Å². The van der Waals surface area contributed by atoms with Crippen molar-refractivity contribution in [1.29, 1.82) is 0 Å². The van der Waals surface area contributed by atoms with E-state index in [1.807, 2.05) is 47.6 Å². The molecule has 0 radical (unpaired) electrons. The number of nitrogens with zero attached hydrogens (tertiary/aromatic N) is 2. The molecule has 182 valence electrons. The fourth-order valence-electron chi connectivity index (χ4n) is 4.91. The summed E-state index contributed by atoms with van der Waals surface area (Å²) in [6.45, 7) is 3.17. The molecule has 34 heavy (non-hydrogen) atoms. The molecule has 2 aromatic rings. The van der Waals surface area contributed by atoms with Crippen molar-refractivity contribution in [3.05, 3.63) is 53.7 Å². The van der Waals surface area contributed by atoms with E-state index < -0.39 is 5.41 Å². The van der Waals surface area contributed by atoms with Gasteiger partial charge in [0.2, 0.25) is 5.91 Å². The average Bonchev–Trinajstić information content (AvgIpc) is 2.92. The standard InChI is InChI=1S/C26H33N3O4S/c1-32-21-7-5-20(6-8-21)26(11-16-33-17-12-26)25(31)28-18-19-9-14-29(15-10-19)24(30)22-4-3-13-27-23(22)34-2/h3-8,13,19H,9-12,14-18H2,1-2H3,(H,28,31). The van der Waals surface area contributed by atoms with Crippen molar-refractivity contribution in [3.63, 3.8) is 0 Å². The summed E-state index contributed by atoms with van der Waals surface area (Å²) in [7, 11) is 1.64. The highest BCUT2D eigenvalue weighted by atomic mass is 32.2. The van der Waals surface area contributed by atoms with Gasteiger partial charge in [0.25, 0.3) is 5.91 Å². The number of carbonyl (C=O) groups excluding carboxylic acids is 2. The lowest BCUT2D eigenvalue weighted by atomic mass is 9.73. The van der Waals surface area contributed by atoms with Crippen LogP contribution in [0.25, 0.3) is 0 Å². The number of aromatic nitrogens is 1. The Kier molecular flexibility index (Phi) is 8.11. The van der Waals surface area contributed by atoms with Crippen LogP contribution in [0.2, 0.25) is 0 Å². The SMILES string of the molecule is COc1ccc(C2(C(=O)NCC3CCN(C(=O)c4cccnc4SC)CC3)CCOCC2)cc1. The molecule has 2 aliphatic rings. The van der Waals surface area contributed by atoms with E-state index in [0.717, 1.165) is 29.2 Å². The third-order valence-corrected chi connectivity index (χ3v) is 7.78. The molecular weight excluding hydrogens is 450 g/mol. The van der Waals surface area contributed by atoms with E-state index in [9.17, 15) is 9.59 Å². The summed E-state index contributed by atoms with van der Waals surface area (Å²) in [6, 6.07) is 11.5. The van der Waals surface area contributed by atoms with Crippen LogP contribution in [0.1, 0.15) is 41.6 Å². The Morgan fingerprint density at radius 2 is 1.88 bits per heavy atom. The molecule has 8 heteroatoms. The third kappa shape index (κ3) is 5.23. The molecule has 0 unspecified atom stereocenters. The van der Waals surface area contributed by atoms with Gasteiger partial charge in [-0.25, -0.2) is 4.98 Å². The minimum absolute atomic E-state index is 0.0422. The fourth-order valence-corrected chi connectivity index (χ4v) is 5.45. The van der Waals surface area contributed by atoms with Gasteiger partial charge in [0.15, 0.2) is 0 Å². The van der Waals surface area contributed by atoms with E-state index in [1.54, 1.807) is 13.3 Å². The number of ether oxygens (including phenoxy) is 2. The van der Waals surface area contributed by atoms with Crippen LogP contribution in [0.4, 0.5) is 0 Å². The van der Waals surface area contributed by atoms with Gasteiger partial charge in [-0.3, -0.25) is 9.59 Å². The number of rotatable bonds is 7. The number of likely N-dealkylation sites (tertiary alicyclic amines) is 1. The van der Waals surface area contributed by atoms with E-state index in [-0.39, 0.29) is 11.8 Å². The first kappa shape index (κ1) is 24.5. The van der Waals surface area contributed by atoms with Crippen LogP contribution in [-0.2, 0) is 14.9 Å². The van der Waals surface area contributed by atoms with Gasteiger partial charge in [0, 0.05) is 39.0 Å². The van der Waals surface area contributed by atoms with Crippen molar-refractivity contribution in [2.45, 2.75) is 36.1 Å². The smallest absolute Gasteiger partial charge is 0.256 e. The second kappa shape index (κ2) is 11.2. The Morgan fingerprint density at radius 1 is 1.18 bits per heavy atom. The molecule has 4 rings (SSSR count). The zero-order valence-electron chi connectivity index (χ0n) is 19.9. The molecule has 0 aliphatic carbocycles. The quantitative estimate of drug-likeness (QED) is 0.607. The summed E-state index contributed by atoms with van der Waals surface area (Å²) < 4.78 is 10.9. The number of piperidine rings is 1. The van der Waals surface area contributed by atoms with Gasteiger partial charge >= 0.3 is 0 Å². The summed E-state index contributed by atoms with van der Waals surface area (Å²) in [5, 5.41) is 4.01. The Hall–Kier alpha value is -2.58. The highest BCUT2D eigenvalue weighted by Crippen LogP contribution is 2.36. The molecule has 0 saturated carbocycles. The molecule has 1 N–H and O–H groups in total. The van der Waals surface area contributed by atoms with Gasteiger partial charge in [-0.1, -0.05) is 12.1 Å². The fraction of sp³-hybridized carbons (Fsp3) is 0.500. The summed E-state index contributed by atoms with van der Waals surface area (Å²) in [5.41, 5.74) is 1.11. The Balaban J connectivity index is 1.35. The number of methoxy groups -OCH3 is 1. The molecule has 1 aromatic carbocycles. The minimum atomic E-state index is -0.574. The van der Waals surface area contributed by atoms with Crippen LogP contribution >= 0.6 is 11.8 Å². The van der Waals surface area contributed by atoms with Crippen molar-refractivity contribution in [2.24, 2.45) is 5.92 Å². The monoisotopic (exact) mass is 483 g/mol. The first-order valence-corrected chi connectivity index (χ1v) is 13.1. The molecule has 0 spiro atoms. The van der Waals surface area contributed by atoms with Crippen molar-refractivity contribution in [1.82, 2.24) is 15.2 Å². The second-order valence-corrected chi connectivity index (χ2v) is 9.72. The summed E-state index contributed by atoms with van der Waals surface area (Å²) in [6.07, 6.45) is 6.74. The number of amides is 2. The van der Waals surface area contributed by atoms with E-state index in [1.165, 1.54) is 11.8 Å². The molecule has 2 saturated heterocycles. The summed E-state index contributed by atoms with van der Waals surface area (Å²) >= 11 is 1.49. The lowest BCUT2D eigenvalue weighted by molar-refractivity contribution is -0.130. The van der Waals surface area contributed by atoms with Crippen molar-refractivity contribution in [2.75, 3.05) is 46.2 Å². The number of benzene rings is 1. The Labute approximate surface area is 205 Å². The zero-order valence-corrected chi connectivity index (χ0v) is 20.7. The first-order valence-electron chi connectivity index (χ1n) is 11.9. The maximum atomic E-state index is 13.5. The lowest BCUT2D eigenvalue weighted by Gasteiger charge is -2.37. The maximum Gasteiger partial charge on any atom is 0.256 e. The number of hydrogen-bond donors (Lipinski definition) is 1. The van der Waals surface area contributed by atoms with E-state index in [2.05, 4.69) is 10.3 Å². The highest BCUT2D eigenvalue weighted by Gasteiger charge is 2.42. The molecule has 3 heterocycles. The molecule has 2 fully saturated rings. The predicted octanol–water partition coefficient (Wildman–Crippen LogP) is 3.53. The van der Waals surface area contributed by atoms with Crippen LogP contribution in [-0.4, -0.2) is 67.9 Å². The number of pyridine rings is 1. The first-order chi connectivity index (χ1) is 16.6. The minimum Gasteiger partial charge on any atom is -0.497 e. The van der Waals surface area contributed by atoms with Gasteiger partial charge < -0.3 is 19.7 Å². The van der Waals surface area contributed by atoms with Gasteiger partial charge in [0.05, 0.1) is 18.1 Å². The van der Waals surface area contributed by atoms with Crippen molar-refractivity contribution >= 4 is 23.6 Å². The molecule has 2 aliphatic heterocycles. The molecule has 7 nitrogen and oxygen atoms in total. The normalized spacial score (nSPS) is 18.4. The van der Waals surface area contributed by atoms with Crippen LogP contribution in [0, 0.1) is 5.92 Å². The van der Waals surface area contributed by atoms with Crippen molar-refractivity contribution in [3.8, 4) is 5.75 Å². The van der Waals surface area contributed by atoms with Gasteiger partial charge in [-0.05, 0) is 67.7 Å². The van der Waals surface area contributed by atoms with Crippen LogP contribution < -0.4 is 10.1 Å². The number of thioether (sulfide) groups is 1. The predicted molar refractivity (Wildman–Crippen MR) is 132 cm³/mol. The summed E-state index contributed by atoms with van der Waals surface area (Å²) in [5.74, 6) is 1.25. The van der Waals surface area contributed by atoms with Gasteiger partial charge in [-0.15, -0.1) is 11.8 Å². The molecule has 0 bridgehead atoms. The molecular formula is C26H33N3O4S. The van der Waals surface area contributed by atoms with Crippen LogP contribution in [0.15, 0.2) is 47.6 Å². The Morgan fingerprint density at radius 3 is 2.53 bits per heavy atom.